The molecule has 5 heteroatoms. The molecule has 0 aromatic heterocycles. The van der Waals surface area contributed by atoms with Crippen molar-refractivity contribution in [1.29, 1.82) is 0 Å². The van der Waals surface area contributed by atoms with Gasteiger partial charge in [-0.15, -0.1) is 0 Å². The number of halogens is 2. The Hall–Kier alpha value is -0.0426. The molecule has 1 unspecified atom stereocenters. The van der Waals surface area contributed by atoms with E-state index in [1.165, 1.54) is 6.26 Å². The monoisotopic (exact) mass is 170 g/mol. The van der Waals surface area contributed by atoms with Crippen LogP contribution in [0.15, 0.2) is 6.08 Å². The van der Waals surface area contributed by atoms with Crippen molar-refractivity contribution < 1.29 is 37.1 Å². The van der Waals surface area contributed by atoms with Crippen LogP contribution in [0.2, 0.25) is 0 Å². The smallest absolute Gasteiger partial charge is 0.667 e. The van der Waals surface area contributed by atoms with Gasteiger partial charge in [-0.2, -0.15) is 0 Å². The minimum Gasteiger partial charge on any atom is -0.667 e. The van der Waals surface area contributed by atoms with Gasteiger partial charge in [-0.3, -0.25) is 0 Å². The molecule has 1 aliphatic rings. The summed E-state index contributed by atoms with van der Waals surface area (Å²) >= 11 is 0. The van der Waals surface area contributed by atoms with E-state index in [1.54, 1.807) is 0 Å². The average molecular weight is 170 g/mol. The standard InChI is InChI=1S/C7H9F2O2.Li/c8-6(9)5-11-7-3-1-2-4-10-7;/h7H,1-4H2;/q-1;+1. The quantitative estimate of drug-likeness (QED) is 0.303. The third-order valence-electron chi connectivity index (χ3n) is 1.41. The maximum absolute atomic E-state index is 11.4. The van der Waals surface area contributed by atoms with Gasteiger partial charge in [-0.25, -0.2) is 15.0 Å². The van der Waals surface area contributed by atoms with Crippen molar-refractivity contribution in [2.24, 2.45) is 0 Å². The van der Waals surface area contributed by atoms with E-state index >= 15 is 0 Å². The van der Waals surface area contributed by atoms with Crippen molar-refractivity contribution in [3.8, 4) is 0 Å². The summed E-state index contributed by atoms with van der Waals surface area (Å²) in [6, 6.07) is 0. The summed E-state index contributed by atoms with van der Waals surface area (Å²) in [5.41, 5.74) is 0. The molecule has 0 aromatic carbocycles. The molecule has 0 N–H and O–H groups in total. The third kappa shape index (κ3) is 4.76. The maximum atomic E-state index is 11.4. The first kappa shape index (κ1) is 12.0. The Morgan fingerprint density at radius 2 is 2.17 bits per heavy atom. The fourth-order valence-corrected chi connectivity index (χ4v) is 0.914. The van der Waals surface area contributed by atoms with Gasteiger partial charge in [0.25, 0.3) is 0 Å². The molecule has 1 saturated heterocycles. The van der Waals surface area contributed by atoms with Gasteiger partial charge in [0.1, 0.15) is 6.08 Å². The number of hydrogen-bond donors (Lipinski definition) is 0. The average Bonchev–Trinajstić information content (AvgIpc) is 2.03. The fourth-order valence-electron chi connectivity index (χ4n) is 0.914. The molecular formula is C7H9F2LiO2. The first-order chi connectivity index (χ1) is 5.29. The number of ether oxygens (including phenoxy) is 2. The first-order valence-electron chi connectivity index (χ1n) is 3.50. The van der Waals surface area contributed by atoms with Gasteiger partial charge >= 0.3 is 18.9 Å². The van der Waals surface area contributed by atoms with E-state index in [0.717, 1.165) is 12.8 Å². The Morgan fingerprint density at radius 3 is 2.67 bits per heavy atom. The zero-order chi connectivity index (χ0) is 8.10. The van der Waals surface area contributed by atoms with Crippen LogP contribution in [-0.2, 0) is 9.47 Å². The van der Waals surface area contributed by atoms with E-state index in [-0.39, 0.29) is 18.9 Å². The first-order valence-corrected chi connectivity index (χ1v) is 3.50. The summed E-state index contributed by atoms with van der Waals surface area (Å²) in [7, 11) is 0. The van der Waals surface area contributed by atoms with Crippen molar-refractivity contribution in [2.45, 2.75) is 25.6 Å². The second-order valence-electron chi connectivity index (χ2n) is 2.28. The van der Waals surface area contributed by atoms with Crippen LogP contribution in [-0.4, -0.2) is 12.9 Å². The molecule has 0 aromatic rings. The van der Waals surface area contributed by atoms with Crippen LogP contribution in [0.4, 0.5) is 8.78 Å². The van der Waals surface area contributed by atoms with Crippen LogP contribution in [0.1, 0.15) is 19.3 Å². The molecule has 12 heavy (non-hydrogen) atoms. The largest absolute Gasteiger partial charge is 1.00 e. The Labute approximate surface area is 82.1 Å². The normalized spacial score (nSPS) is 22.3. The number of rotatable bonds is 2. The zero-order valence-electron chi connectivity index (χ0n) is 6.98. The molecule has 1 heterocycles. The summed E-state index contributed by atoms with van der Waals surface area (Å²) < 4.78 is 32.3. The van der Waals surface area contributed by atoms with Crippen molar-refractivity contribution in [3.05, 3.63) is 12.3 Å². The summed E-state index contributed by atoms with van der Waals surface area (Å²) in [6.07, 6.45) is 1.60. The van der Waals surface area contributed by atoms with Crippen LogP contribution in [0.3, 0.4) is 0 Å². The van der Waals surface area contributed by atoms with E-state index in [2.05, 4.69) is 4.74 Å². The molecule has 64 valence electrons. The van der Waals surface area contributed by atoms with Crippen LogP contribution < -0.4 is 18.9 Å². The second-order valence-corrected chi connectivity index (χ2v) is 2.28. The van der Waals surface area contributed by atoms with Crippen molar-refractivity contribution in [1.82, 2.24) is 0 Å². The predicted molar refractivity (Wildman–Crippen MR) is 33.6 cm³/mol. The van der Waals surface area contributed by atoms with Crippen LogP contribution in [0.5, 0.6) is 0 Å². The zero-order valence-corrected chi connectivity index (χ0v) is 6.98. The van der Waals surface area contributed by atoms with Gasteiger partial charge < -0.3 is 9.47 Å². The molecule has 2 nitrogen and oxygen atoms in total. The van der Waals surface area contributed by atoms with Gasteiger partial charge in [0.05, 0.1) is 6.61 Å². The Bertz CT molecular complexity index is 142. The van der Waals surface area contributed by atoms with Crippen LogP contribution in [0, 0.1) is 6.26 Å². The Kier molecular flexibility index (Phi) is 6.45. The van der Waals surface area contributed by atoms with Gasteiger partial charge in [-0.05, 0) is 12.8 Å². The fraction of sp³-hybridized carbons (Fsp3) is 0.714. The predicted octanol–water partition coefficient (Wildman–Crippen LogP) is -0.925. The summed E-state index contributed by atoms with van der Waals surface area (Å²) in [4.78, 5) is 0. The van der Waals surface area contributed by atoms with Gasteiger partial charge in [0.15, 0.2) is 6.29 Å². The van der Waals surface area contributed by atoms with E-state index < -0.39 is 12.4 Å². The molecule has 1 fully saturated rings. The van der Waals surface area contributed by atoms with Crippen molar-refractivity contribution >= 4 is 0 Å². The molecule has 0 amide bonds. The van der Waals surface area contributed by atoms with Crippen LogP contribution >= 0.6 is 0 Å². The minimum atomic E-state index is -1.95. The molecule has 0 saturated carbocycles. The maximum Gasteiger partial charge on any atom is 1.00 e. The SMILES string of the molecule is FC(F)=[C-]OC1CCCCO1.[Li+]. The van der Waals surface area contributed by atoms with E-state index in [9.17, 15) is 8.78 Å². The van der Waals surface area contributed by atoms with Crippen molar-refractivity contribution in [3.63, 3.8) is 0 Å². The molecule has 0 aliphatic carbocycles. The molecule has 1 atom stereocenters. The third-order valence-corrected chi connectivity index (χ3v) is 1.41. The summed E-state index contributed by atoms with van der Waals surface area (Å²) in [5, 5.41) is 0. The Morgan fingerprint density at radius 1 is 1.42 bits per heavy atom. The molecular weight excluding hydrogens is 161 g/mol. The molecule has 0 bridgehead atoms. The topological polar surface area (TPSA) is 18.5 Å². The summed E-state index contributed by atoms with van der Waals surface area (Å²) in [6.45, 7) is 0.584. The second kappa shape index (κ2) is 6.47. The van der Waals surface area contributed by atoms with E-state index in [0.29, 0.717) is 13.0 Å². The van der Waals surface area contributed by atoms with Crippen LogP contribution in [0.25, 0.3) is 0 Å². The van der Waals surface area contributed by atoms with Crippen molar-refractivity contribution in [2.75, 3.05) is 6.61 Å². The number of hydrogen-bond acceptors (Lipinski definition) is 2. The minimum absolute atomic E-state index is 0. The van der Waals surface area contributed by atoms with Gasteiger partial charge in [0, 0.05) is 6.42 Å². The Balaban J connectivity index is 0.00000121. The molecule has 0 radical (unpaired) electrons. The molecule has 0 spiro atoms. The molecule has 1 aliphatic heterocycles. The van der Waals surface area contributed by atoms with Gasteiger partial charge in [0.2, 0.25) is 0 Å². The van der Waals surface area contributed by atoms with Gasteiger partial charge in [-0.1, -0.05) is 0 Å². The van der Waals surface area contributed by atoms with E-state index in [4.69, 9.17) is 4.74 Å². The molecule has 1 rings (SSSR count). The summed E-state index contributed by atoms with van der Waals surface area (Å²) in [5.74, 6) is 0. The van der Waals surface area contributed by atoms with E-state index in [1.807, 2.05) is 0 Å².